The molecule has 2 N–H and O–H groups in total. The van der Waals surface area contributed by atoms with Gasteiger partial charge in [0.2, 0.25) is 0 Å². The molecule has 0 aliphatic carbocycles. The van der Waals surface area contributed by atoms with Crippen LogP contribution < -0.4 is 10.1 Å². The SMILES string of the molecule is O=[N+]([O-])c1ccc(NCC(O)COc2ccc(F)c(F)c2)nc1. The standard InChI is InChI=1S/C14H13F2N3O4/c15-12-3-2-11(5-13(12)16)23-8-10(20)7-18-14-4-1-9(6-17-14)19(21)22/h1-6,10,20H,7-8H2,(H,17,18). The number of aliphatic hydroxyl groups is 1. The van der Waals surface area contributed by atoms with E-state index in [1.54, 1.807) is 0 Å². The van der Waals surface area contributed by atoms with Gasteiger partial charge in [-0.1, -0.05) is 0 Å². The molecule has 23 heavy (non-hydrogen) atoms. The number of anilines is 1. The average Bonchev–Trinajstić information content (AvgIpc) is 2.54. The molecule has 1 aromatic carbocycles. The molecule has 1 aromatic heterocycles. The molecule has 0 amide bonds. The fraction of sp³-hybridized carbons (Fsp3) is 0.214. The topological polar surface area (TPSA) is 97.5 Å². The van der Waals surface area contributed by atoms with Crippen molar-refractivity contribution in [3.8, 4) is 5.75 Å². The van der Waals surface area contributed by atoms with Crippen LogP contribution in [-0.2, 0) is 0 Å². The summed E-state index contributed by atoms with van der Waals surface area (Å²) < 4.78 is 30.9. The van der Waals surface area contributed by atoms with Crippen LogP contribution in [0.2, 0.25) is 0 Å². The first-order chi connectivity index (χ1) is 11.0. The van der Waals surface area contributed by atoms with E-state index in [1.165, 1.54) is 18.2 Å². The summed E-state index contributed by atoms with van der Waals surface area (Å²) in [6, 6.07) is 5.74. The Balaban J connectivity index is 1.79. The van der Waals surface area contributed by atoms with Gasteiger partial charge in [-0.2, -0.15) is 0 Å². The van der Waals surface area contributed by atoms with Crippen molar-refractivity contribution < 1.29 is 23.5 Å². The van der Waals surface area contributed by atoms with Gasteiger partial charge in [0.15, 0.2) is 11.6 Å². The van der Waals surface area contributed by atoms with Gasteiger partial charge in [0.1, 0.15) is 30.5 Å². The number of nitro groups is 1. The summed E-state index contributed by atoms with van der Waals surface area (Å²) in [5.41, 5.74) is -0.141. The number of benzene rings is 1. The molecule has 1 heterocycles. The van der Waals surface area contributed by atoms with E-state index in [2.05, 4.69) is 10.3 Å². The van der Waals surface area contributed by atoms with Crippen molar-refractivity contribution in [1.29, 1.82) is 0 Å². The highest BCUT2D eigenvalue weighted by Gasteiger charge is 2.09. The number of ether oxygens (including phenoxy) is 1. The number of halogens is 2. The van der Waals surface area contributed by atoms with Crippen LogP contribution in [-0.4, -0.2) is 34.3 Å². The van der Waals surface area contributed by atoms with Gasteiger partial charge in [0, 0.05) is 18.7 Å². The van der Waals surface area contributed by atoms with Gasteiger partial charge in [0.05, 0.1) is 4.92 Å². The van der Waals surface area contributed by atoms with Crippen LogP contribution >= 0.6 is 0 Å². The summed E-state index contributed by atoms with van der Waals surface area (Å²) in [6.07, 6.45) is 0.145. The quantitative estimate of drug-likeness (QED) is 0.598. The molecule has 0 saturated heterocycles. The second-order valence-electron chi connectivity index (χ2n) is 4.58. The number of rotatable bonds is 7. The molecular weight excluding hydrogens is 312 g/mol. The van der Waals surface area contributed by atoms with Crippen LogP contribution in [0.25, 0.3) is 0 Å². The van der Waals surface area contributed by atoms with Crippen molar-refractivity contribution in [2.45, 2.75) is 6.10 Å². The number of hydrogen-bond donors (Lipinski definition) is 2. The highest BCUT2D eigenvalue weighted by molar-refractivity contribution is 5.40. The lowest BCUT2D eigenvalue weighted by Crippen LogP contribution is -2.26. The minimum absolute atomic E-state index is 0.0640. The summed E-state index contributed by atoms with van der Waals surface area (Å²) in [5, 5.41) is 23.0. The maximum Gasteiger partial charge on any atom is 0.287 e. The van der Waals surface area contributed by atoms with Crippen LogP contribution in [0, 0.1) is 21.7 Å². The smallest absolute Gasteiger partial charge is 0.287 e. The number of pyridine rings is 1. The van der Waals surface area contributed by atoms with E-state index in [-0.39, 0.29) is 24.6 Å². The lowest BCUT2D eigenvalue weighted by atomic mass is 10.3. The summed E-state index contributed by atoms with van der Waals surface area (Å²) >= 11 is 0. The summed E-state index contributed by atoms with van der Waals surface area (Å²) in [4.78, 5) is 13.7. The van der Waals surface area contributed by atoms with E-state index in [4.69, 9.17) is 4.74 Å². The first-order valence-corrected chi connectivity index (χ1v) is 6.56. The third kappa shape index (κ3) is 4.85. The lowest BCUT2D eigenvalue weighted by Gasteiger charge is -2.13. The molecule has 2 rings (SSSR count). The van der Waals surface area contributed by atoms with Crippen molar-refractivity contribution >= 4 is 11.5 Å². The minimum Gasteiger partial charge on any atom is -0.491 e. The predicted octanol–water partition coefficient (Wildman–Crippen LogP) is 2.12. The third-order valence-electron chi connectivity index (χ3n) is 2.81. The summed E-state index contributed by atoms with van der Waals surface area (Å²) in [6.45, 7) is -0.0838. The maximum atomic E-state index is 13.0. The average molecular weight is 325 g/mol. The van der Waals surface area contributed by atoms with Gasteiger partial charge in [-0.05, 0) is 18.2 Å². The number of aromatic nitrogens is 1. The molecule has 1 unspecified atom stereocenters. The molecule has 0 bridgehead atoms. The van der Waals surface area contributed by atoms with Gasteiger partial charge in [-0.15, -0.1) is 0 Å². The van der Waals surface area contributed by atoms with Crippen LogP contribution in [0.4, 0.5) is 20.3 Å². The second-order valence-corrected chi connectivity index (χ2v) is 4.58. The molecule has 0 aliphatic heterocycles. The van der Waals surface area contributed by atoms with Gasteiger partial charge in [0.25, 0.3) is 5.69 Å². The normalized spacial score (nSPS) is 11.8. The fourth-order valence-electron chi connectivity index (χ4n) is 1.64. The molecule has 9 heteroatoms. The molecule has 0 fully saturated rings. The van der Waals surface area contributed by atoms with Crippen LogP contribution in [0.3, 0.4) is 0 Å². The van der Waals surface area contributed by atoms with E-state index in [0.29, 0.717) is 5.82 Å². The first kappa shape index (κ1) is 16.6. The highest BCUT2D eigenvalue weighted by atomic mass is 19.2. The van der Waals surface area contributed by atoms with Gasteiger partial charge in [-0.25, -0.2) is 13.8 Å². The monoisotopic (exact) mass is 325 g/mol. The molecular formula is C14H13F2N3O4. The molecule has 0 radical (unpaired) electrons. The van der Waals surface area contributed by atoms with Crippen LogP contribution in [0.15, 0.2) is 36.5 Å². The predicted molar refractivity (Wildman–Crippen MR) is 77.2 cm³/mol. The van der Waals surface area contributed by atoms with Gasteiger partial charge >= 0.3 is 0 Å². The number of aliphatic hydroxyl groups excluding tert-OH is 1. The Labute approximate surface area is 129 Å². The molecule has 0 saturated carbocycles. The third-order valence-corrected chi connectivity index (χ3v) is 2.81. The van der Waals surface area contributed by atoms with Crippen molar-refractivity contribution in [3.63, 3.8) is 0 Å². The highest BCUT2D eigenvalue weighted by Crippen LogP contribution is 2.16. The van der Waals surface area contributed by atoms with Gasteiger partial charge in [-0.3, -0.25) is 10.1 Å². The Morgan fingerprint density at radius 3 is 2.70 bits per heavy atom. The second kappa shape index (κ2) is 7.45. The molecule has 2 aromatic rings. The summed E-state index contributed by atoms with van der Waals surface area (Å²) in [7, 11) is 0. The molecule has 122 valence electrons. The van der Waals surface area contributed by atoms with E-state index in [9.17, 15) is 24.0 Å². The number of nitrogens with one attached hydrogen (secondary N) is 1. The van der Waals surface area contributed by atoms with E-state index in [1.807, 2.05) is 0 Å². The van der Waals surface area contributed by atoms with Crippen molar-refractivity contribution in [1.82, 2.24) is 4.98 Å². The molecule has 0 aliphatic rings. The Morgan fingerprint density at radius 1 is 1.30 bits per heavy atom. The zero-order chi connectivity index (χ0) is 16.8. The maximum absolute atomic E-state index is 13.0. The van der Waals surface area contributed by atoms with E-state index < -0.39 is 22.7 Å². The van der Waals surface area contributed by atoms with E-state index >= 15 is 0 Å². The van der Waals surface area contributed by atoms with Crippen LogP contribution in [0.1, 0.15) is 0 Å². The molecule has 7 nitrogen and oxygen atoms in total. The van der Waals surface area contributed by atoms with Crippen molar-refractivity contribution in [2.75, 3.05) is 18.5 Å². The zero-order valence-electron chi connectivity index (χ0n) is 11.8. The largest absolute Gasteiger partial charge is 0.491 e. The minimum atomic E-state index is -1.04. The Morgan fingerprint density at radius 2 is 2.09 bits per heavy atom. The summed E-state index contributed by atoms with van der Waals surface area (Å²) in [5.74, 6) is -1.58. The van der Waals surface area contributed by atoms with Crippen molar-refractivity contribution in [3.05, 3.63) is 58.3 Å². The number of hydrogen-bond acceptors (Lipinski definition) is 6. The van der Waals surface area contributed by atoms with Crippen molar-refractivity contribution in [2.24, 2.45) is 0 Å². The zero-order valence-corrected chi connectivity index (χ0v) is 11.8. The number of nitrogens with zero attached hydrogens (tertiary/aromatic N) is 2. The first-order valence-electron chi connectivity index (χ1n) is 6.56. The van der Waals surface area contributed by atoms with Crippen LogP contribution in [0.5, 0.6) is 5.75 Å². The Hall–Kier alpha value is -2.81. The lowest BCUT2D eigenvalue weighted by molar-refractivity contribution is -0.385. The van der Waals surface area contributed by atoms with Gasteiger partial charge < -0.3 is 15.2 Å². The van der Waals surface area contributed by atoms with E-state index in [0.717, 1.165) is 18.3 Å². The Bertz CT molecular complexity index is 682. The molecule has 0 spiro atoms. The Kier molecular flexibility index (Phi) is 5.36. The molecule has 1 atom stereocenters. The fourth-order valence-corrected chi connectivity index (χ4v) is 1.64.